The van der Waals surface area contributed by atoms with Crippen LogP contribution in [0.3, 0.4) is 0 Å². The number of ether oxygens (including phenoxy) is 2. The first-order chi connectivity index (χ1) is 8.17. The van der Waals surface area contributed by atoms with E-state index in [0.29, 0.717) is 12.3 Å². The van der Waals surface area contributed by atoms with Crippen LogP contribution in [0.2, 0.25) is 0 Å². The van der Waals surface area contributed by atoms with Crippen molar-refractivity contribution in [2.45, 2.75) is 25.3 Å². The number of rotatable bonds is 6. The van der Waals surface area contributed by atoms with Gasteiger partial charge in [0.1, 0.15) is 6.04 Å². The van der Waals surface area contributed by atoms with Crippen molar-refractivity contribution in [1.82, 2.24) is 4.90 Å². The molecule has 1 aliphatic rings. The molecule has 1 heterocycles. The molecular weight excluding hydrogens is 220 g/mol. The highest BCUT2D eigenvalue weighted by Gasteiger charge is 2.20. The van der Waals surface area contributed by atoms with Crippen LogP contribution in [0.1, 0.15) is 19.3 Å². The maximum Gasteiger partial charge on any atom is 0.322 e. The van der Waals surface area contributed by atoms with E-state index in [4.69, 9.17) is 10.5 Å². The summed E-state index contributed by atoms with van der Waals surface area (Å²) in [5.74, 6) is 0.366. The average Bonchev–Trinajstić information content (AvgIpc) is 2.37. The van der Waals surface area contributed by atoms with Crippen LogP contribution in [0.25, 0.3) is 0 Å². The summed E-state index contributed by atoms with van der Waals surface area (Å²) < 4.78 is 9.76. The molecule has 1 rings (SSSR count). The Bertz CT molecular complexity index is 228. The van der Waals surface area contributed by atoms with Gasteiger partial charge in [0.05, 0.1) is 7.11 Å². The van der Waals surface area contributed by atoms with Gasteiger partial charge in [-0.15, -0.1) is 0 Å². The first-order valence-corrected chi connectivity index (χ1v) is 6.22. The molecule has 17 heavy (non-hydrogen) atoms. The Hall–Kier alpha value is -0.650. The summed E-state index contributed by atoms with van der Waals surface area (Å²) >= 11 is 0. The molecule has 0 saturated carbocycles. The predicted octanol–water partition coefficient (Wildman–Crippen LogP) is 0.235. The molecule has 0 spiro atoms. The molecule has 0 aromatic rings. The van der Waals surface area contributed by atoms with Crippen molar-refractivity contribution in [2.24, 2.45) is 11.7 Å². The van der Waals surface area contributed by atoms with Gasteiger partial charge in [-0.25, -0.2) is 0 Å². The van der Waals surface area contributed by atoms with E-state index in [-0.39, 0.29) is 5.97 Å². The SMILES string of the molecule is COCC1CCN(CCC(N)C(=O)OC)CC1. The fraction of sp³-hybridized carbons (Fsp3) is 0.917. The van der Waals surface area contributed by atoms with Crippen LogP contribution in [-0.2, 0) is 14.3 Å². The largest absolute Gasteiger partial charge is 0.468 e. The molecule has 0 aromatic heterocycles. The number of methoxy groups -OCH3 is 2. The second-order valence-corrected chi connectivity index (χ2v) is 4.66. The average molecular weight is 244 g/mol. The van der Waals surface area contributed by atoms with E-state index in [9.17, 15) is 4.79 Å². The Balaban J connectivity index is 2.16. The van der Waals surface area contributed by atoms with Crippen LogP contribution in [0.15, 0.2) is 0 Å². The van der Waals surface area contributed by atoms with Gasteiger partial charge < -0.3 is 20.1 Å². The van der Waals surface area contributed by atoms with Gasteiger partial charge in [0.2, 0.25) is 0 Å². The smallest absolute Gasteiger partial charge is 0.322 e. The van der Waals surface area contributed by atoms with Gasteiger partial charge >= 0.3 is 5.97 Å². The van der Waals surface area contributed by atoms with Crippen LogP contribution >= 0.6 is 0 Å². The highest BCUT2D eigenvalue weighted by Crippen LogP contribution is 2.17. The Morgan fingerprint density at radius 2 is 2.06 bits per heavy atom. The zero-order valence-electron chi connectivity index (χ0n) is 10.9. The number of hydrogen-bond donors (Lipinski definition) is 1. The maximum atomic E-state index is 11.1. The van der Waals surface area contributed by atoms with Crippen LogP contribution in [0, 0.1) is 5.92 Å². The van der Waals surface area contributed by atoms with Gasteiger partial charge in [-0.2, -0.15) is 0 Å². The first-order valence-electron chi connectivity index (χ1n) is 6.22. The first kappa shape index (κ1) is 14.4. The zero-order valence-corrected chi connectivity index (χ0v) is 10.9. The number of nitrogens with two attached hydrogens (primary N) is 1. The van der Waals surface area contributed by atoms with E-state index in [1.165, 1.54) is 20.0 Å². The number of nitrogens with zero attached hydrogens (tertiary/aromatic N) is 1. The topological polar surface area (TPSA) is 64.8 Å². The number of likely N-dealkylation sites (tertiary alicyclic amines) is 1. The van der Waals surface area contributed by atoms with Crippen LogP contribution in [-0.4, -0.2) is 57.4 Å². The van der Waals surface area contributed by atoms with Gasteiger partial charge in [-0.3, -0.25) is 4.79 Å². The zero-order chi connectivity index (χ0) is 12.7. The molecule has 1 fully saturated rings. The molecule has 0 amide bonds. The van der Waals surface area contributed by atoms with Gasteiger partial charge in [0.15, 0.2) is 0 Å². The van der Waals surface area contributed by atoms with Crippen LogP contribution < -0.4 is 5.73 Å². The molecule has 0 aromatic carbocycles. The fourth-order valence-electron chi connectivity index (χ4n) is 2.20. The number of hydrogen-bond acceptors (Lipinski definition) is 5. The van der Waals surface area contributed by atoms with E-state index in [1.807, 2.05) is 0 Å². The van der Waals surface area contributed by atoms with E-state index >= 15 is 0 Å². The van der Waals surface area contributed by atoms with Crippen molar-refractivity contribution in [2.75, 3.05) is 40.5 Å². The molecule has 0 bridgehead atoms. The van der Waals surface area contributed by atoms with Crippen LogP contribution in [0.4, 0.5) is 0 Å². The molecule has 1 saturated heterocycles. The third-order valence-electron chi connectivity index (χ3n) is 3.37. The lowest BCUT2D eigenvalue weighted by molar-refractivity contribution is -0.142. The van der Waals surface area contributed by atoms with Gasteiger partial charge in [0, 0.05) is 20.3 Å². The standard InChI is InChI=1S/C12H24N2O3/c1-16-9-10-3-6-14(7-4-10)8-5-11(13)12(15)17-2/h10-11H,3-9,13H2,1-2H3. The van der Waals surface area contributed by atoms with Gasteiger partial charge in [0.25, 0.3) is 0 Å². The molecule has 0 aliphatic carbocycles. The Morgan fingerprint density at radius 1 is 1.41 bits per heavy atom. The van der Waals surface area contributed by atoms with Crippen molar-refractivity contribution in [3.63, 3.8) is 0 Å². The number of esters is 1. The molecule has 2 N–H and O–H groups in total. The van der Waals surface area contributed by atoms with E-state index < -0.39 is 6.04 Å². The predicted molar refractivity (Wildman–Crippen MR) is 65.6 cm³/mol. The Kier molecular flexibility index (Phi) is 6.47. The third kappa shape index (κ3) is 5.02. The van der Waals surface area contributed by atoms with E-state index in [0.717, 1.165) is 26.2 Å². The minimum atomic E-state index is -0.489. The molecule has 100 valence electrons. The second-order valence-electron chi connectivity index (χ2n) is 4.66. The summed E-state index contributed by atoms with van der Waals surface area (Å²) in [6.45, 7) is 3.87. The monoisotopic (exact) mass is 244 g/mol. The van der Waals surface area contributed by atoms with Crippen molar-refractivity contribution in [1.29, 1.82) is 0 Å². The minimum absolute atomic E-state index is 0.320. The highest BCUT2D eigenvalue weighted by atomic mass is 16.5. The lowest BCUT2D eigenvalue weighted by atomic mass is 9.97. The molecule has 5 nitrogen and oxygen atoms in total. The normalized spacial score (nSPS) is 20.2. The third-order valence-corrected chi connectivity index (χ3v) is 3.37. The summed E-state index contributed by atoms with van der Waals surface area (Å²) in [6, 6.07) is -0.489. The van der Waals surface area contributed by atoms with Crippen molar-refractivity contribution >= 4 is 5.97 Å². The molecular formula is C12H24N2O3. The van der Waals surface area contributed by atoms with Gasteiger partial charge in [-0.05, 0) is 38.3 Å². The molecule has 1 unspecified atom stereocenters. The fourth-order valence-corrected chi connectivity index (χ4v) is 2.20. The molecule has 1 aliphatic heterocycles. The summed E-state index contributed by atoms with van der Waals surface area (Å²) in [6.07, 6.45) is 3.00. The summed E-state index contributed by atoms with van der Waals surface area (Å²) in [5.41, 5.74) is 5.70. The molecule has 0 radical (unpaired) electrons. The molecule has 5 heteroatoms. The summed E-state index contributed by atoms with van der Waals surface area (Å²) in [4.78, 5) is 13.5. The lowest BCUT2D eigenvalue weighted by Crippen LogP contribution is -2.40. The number of carbonyl (C=O) groups excluding carboxylic acids is 1. The van der Waals surface area contributed by atoms with Crippen molar-refractivity contribution in [3.8, 4) is 0 Å². The Morgan fingerprint density at radius 3 is 2.59 bits per heavy atom. The van der Waals surface area contributed by atoms with Crippen LogP contribution in [0.5, 0.6) is 0 Å². The summed E-state index contributed by atoms with van der Waals surface area (Å²) in [5, 5.41) is 0. The highest BCUT2D eigenvalue weighted by molar-refractivity contribution is 5.75. The lowest BCUT2D eigenvalue weighted by Gasteiger charge is -2.31. The summed E-state index contributed by atoms with van der Waals surface area (Å²) in [7, 11) is 3.13. The quantitative estimate of drug-likeness (QED) is 0.678. The van der Waals surface area contributed by atoms with Gasteiger partial charge in [-0.1, -0.05) is 0 Å². The van der Waals surface area contributed by atoms with E-state index in [1.54, 1.807) is 7.11 Å². The van der Waals surface area contributed by atoms with Crippen molar-refractivity contribution in [3.05, 3.63) is 0 Å². The van der Waals surface area contributed by atoms with E-state index in [2.05, 4.69) is 9.64 Å². The number of carbonyl (C=O) groups is 1. The van der Waals surface area contributed by atoms with Crippen molar-refractivity contribution < 1.29 is 14.3 Å². The second kappa shape index (κ2) is 7.63. The number of piperidine rings is 1. The minimum Gasteiger partial charge on any atom is -0.468 e. The molecule has 1 atom stereocenters. The Labute approximate surface area is 103 Å². The maximum absolute atomic E-state index is 11.1.